The Morgan fingerprint density at radius 1 is 1.12 bits per heavy atom. The zero-order valence-corrected chi connectivity index (χ0v) is 9.52. The molecule has 2 rings (SSSR count). The van der Waals surface area contributed by atoms with Gasteiger partial charge in [0.1, 0.15) is 22.3 Å². The van der Waals surface area contributed by atoms with Gasteiger partial charge in [0.25, 0.3) is 0 Å². The van der Waals surface area contributed by atoms with Crippen molar-refractivity contribution in [3.63, 3.8) is 0 Å². The van der Waals surface area contributed by atoms with Crippen molar-refractivity contribution in [2.24, 2.45) is 0 Å². The van der Waals surface area contributed by atoms with E-state index in [0.29, 0.717) is 21.5 Å². The zero-order valence-electron chi connectivity index (χ0n) is 8.01. The monoisotopic (exact) mass is 255 g/mol. The minimum Gasteiger partial charge on any atom is -0.455 e. The van der Waals surface area contributed by atoms with Gasteiger partial charge in [-0.3, -0.25) is 0 Å². The van der Waals surface area contributed by atoms with Gasteiger partial charge in [0.15, 0.2) is 0 Å². The highest BCUT2D eigenvalue weighted by molar-refractivity contribution is 6.42. The smallest absolute Gasteiger partial charge is 0.147 e. The molecule has 0 aromatic heterocycles. The highest BCUT2D eigenvalue weighted by atomic mass is 35.5. The zero-order chi connectivity index (χ0) is 11.5. The predicted octanol–water partition coefficient (Wildman–Crippen LogP) is 4.72. The van der Waals surface area contributed by atoms with E-state index in [4.69, 9.17) is 27.9 Å². The van der Waals surface area contributed by atoms with Crippen molar-refractivity contribution < 1.29 is 9.13 Å². The average molecular weight is 256 g/mol. The molecule has 0 saturated heterocycles. The van der Waals surface area contributed by atoms with Crippen molar-refractivity contribution in [1.82, 2.24) is 0 Å². The summed E-state index contributed by atoms with van der Waals surface area (Å²) in [5, 5.41) is 0.725. The third-order valence-corrected chi connectivity index (χ3v) is 2.68. The van der Waals surface area contributed by atoms with Gasteiger partial charge in [-0.15, -0.1) is 0 Å². The van der Waals surface area contributed by atoms with Crippen LogP contribution in [-0.4, -0.2) is 0 Å². The first-order chi connectivity index (χ1) is 7.66. The fraction of sp³-hybridized carbons (Fsp3) is 0. The second-order valence-electron chi connectivity index (χ2n) is 3.03. The quantitative estimate of drug-likeness (QED) is 0.755. The highest BCUT2D eigenvalue weighted by Gasteiger charge is 2.06. The van der Waals surface area contributed by atoms with Crippen LogP contribution in [0.4, 0.5) is 4.39 Å². The van der Waals surface area contributed by atoms with Crippen LogP contribution in [0.1, 0.15) is 0 Å². The summed E-state index contributed by atoms with van der Waals surface area (Å²) in [6.07, 6.45) is 0. The van der Waals surface area contributed by atoms with Crippen molar-refractivity contribution in [2.75, 3.05) is 0 Å². The summed E-state index contributed by atoms with van der Waals surface area (Å²) in [5.41, 5.74) is 0. The third kappa shape index (κ3) is 2.46. The maximum Gasteiger partial charge on any atom is 0.147 e. The normalized spacial score (nSPS) is 10.2. The van der Waals surface area contributed by atoms with Gasteiger partial charge in [0.2, 0.25) is 0 Å². The molecule has 0 spiro atoms. The number of ether oxygens (including phenoxy) is 1. The van der Waals surface area contributed by atoms with Gasteiger partial charge in [-0.1, -0.05) is 29.3 Å². The Balaban J connectivity index is 2.27. The van der Waals surface area contributed by atoms with Crippen LogP contribution in [0, 0.1) is 11.9 Å². The van der Waals surface area contributed by atoms with Crippen LogP contribution >= 0.6 is 23.2 Å². The molecular weight excluding hydrogens is 250 g/mol. The van der Waals surface area contributed by atoms with Gasteiger partial charge in [0.05, 0.1) is 5.02 Å². The Labute approximate surface area is 102 Å². The van der Waals surface area contributed by atoms with Crippen LogP contribution in [-0.2, 0) is 0 Å². The van der Waals surface area contributed by atoms with Gasteiger partial charge in [-0.2, -0.15) is 0 Å². The van der Waals surface area contributed by atoms with Crippen LogP contribution in [0.2, 0.25) is 10.0 Å². The first-order valence-electron chi connectivity index (χ1n) is 4.46. The lowest BCUT2D eigenvalue weighted by Crippen LogP contribution is -1.86. The molecule has 0 aliphatic carbocycles. The molecular formula is C12H6Cl2FO. The first kappa shape index (κ1) is 11.2. The lowest BCUT2D eigenvalue weighted by atomic mass is 10.3. The Hall–Kier alpha value is -1.25. The Morgan fingerprint density at radius 3 is 2.62 bits per heavy atom. The van der Waals surface area contributed by atoms with E-state index in [9.17, 15) is 4.39 Å². The molecule has 0 N–H and O–H groups in total. The maximum absolute atomic E-state index is 12.6. The van der Waals surface area contributed by atoms with E-state index in [1.807, 2.05) is 0 Å². The van der Waals surface area contributed by atoms with Crippen LogP contribution in [0.3, 0.4) is 0 Å². The molecule has 0 atom stereocenters. The molecule has 0 saturated carbocycles. The van der Waals surface area contributed by atoms with Gasteiger partial charge in [-0.25, -0.2) is 4.39 Å². The lowest BCUT2D eigenvalue weighted by molar-refractivity contribution is 0.480. The Bertz CT molecular complexity index is 497. The number of hydrogen-bond donors (Lipinski definition) is 0. The molecule has 1 radical (unpaired) electrons. The van der Waals surface area contributed by atoms with Gasteiger partial charge in [-0.05, 0) is 30.3 Å². The van der Waals surface area contributed by atoms with E-state index in [2.05, 4.69) is 6.07 Å². The minimum atomic E-state index is -0.371. The topological polar surface area (TPSA) is 9.23 Å². The lowest BCUT2D eigenvalue weighted by Gasteiger charge is -2.07. The van der Waals surface area contributed by atoms with Crippen LogP contribution in [0.25, 0.3) is 0 Å². The van der Waals surface area contributed by atoms with Crippen molar-refractivity contribution in [2.45, 2.75) is 0 Å². The molecule has 0 aliphatic rings. The molecule has 0 bridgehead atoms. The molecule has 16 heavy (non-hydrogen) atoms. The molecule has 2 aromatic rings. The Kier molecular flexibility index (Phi) is 3.32. The van der Waals surface area contributed by atoms with E-state index in [-0.39, 0.29) is 5.82 Å². The van der Waals surface area contributed by atoms with E-state index in [1.54, 1.807) is 18.2 Å². The van der Waals surface area contributed by atoms with Gasteiger partial charge >= 0.3 is 0 Å². The highest BCUT2D eigenvalue weighted by Crippen LogP contribution is 2.34. The molecule has 0 heterocycles. The summed E-state index contributed by atoms with van der Waals surface area (Å²) >= 11 is 11.8. The standard InChI is InChI=1S/C12H6Cl2FO/c13-10-2-1-3-11(12(10)14)16-9-6-4-8(15)5-7-9/h1-6H. The molecule has 1 nitrogen and oxygen atoms in total. The number of benzene rings is 2. The molecule has 0 amide bonds. The number of rotatable bonds is 2. The summed E-state index contributed by atoms with van der Waals surface area (Å²) in [6.45, 7) is 0. The largest absolute Gasteiger partial charge is 0.455 e. The second-order valence-corrected chi connectivity index (χ2v) is 3.81. The molecule has 0 aliphatic heterocycles. The van der Waals surface area contributed by atoms with E-state index in [0.717, 1.165) is 0 Å². The fourth-order valence-electron chi connectivity index (χ4n) is 1.14. The van der Waals surface area contributed by atoms with Crippen LogP contribution < -0.4 is 4.74 Å². The second kappa shape index (κ2) is 4.73. The third-order valence-electron chi connectivity index (χ3n) is 1.88. The molecule has 4 heteroatoms. The summed E-state index contributed by atoms with van der Waals surface area (Å²) in [4.78, 5) is 0. The SMILES string of the molecule is Fc1c[c]c(Oc2cccc(Cl)c2Cl)cc1. The van der Waals surface area contributed by atoms with Gasteiger partial charge in [0, 0.05) is 6.07 Å². The summed E-state index contributed by atoms with van der Waals surface area (Å²) in [6, 6.07) is 11.6. The van der Waals surface area contributed by atoms with E-state index in [1.165, 1.54) is 18.2 Å². The van der Waals surface area contributed by atoms with Crippen LogP contribution in [0.15, 0.2) is 36.4 Å². The molecule has 81 valence electrons. The minimum absolute atomic E-state index is 0.321. The van der Waals surface area contributed by atoms with E-state index >= 15 is 0 Å². The number of halogens is 3. The molecule has 0 unspecified atom stereocenters. The van der Waals surface area contributed by atoms with Crippen molar-refractivity contribution in [1.29, 1.82) is 0 Å². The average Bonchev–Trinajstić information content (AvgIpc) is 2.28. The van der Waals surface area contributed by atoms with Crippen molar-refractivity contribution >= 4 is 23.2 Å². The summed E-state index contributed by atoms with van der Waals surface area (Å²) < 4.78 is 18.0. The predicted molar refractivity (Wildman–Crippen MR) is 61.8 cm³/mol. The fourth-order valence-corrected chi connectivity index (χ4v) is 1.47. The Morgan fingerprint density at radius 2 is 1.94 bits per heavy atom. The summed E-state index contributed by atoms with van der Waals surface area (Å²) in [5.74, 6) is 0.423. The first-order valence-corrected chi connectivity index (χ1v) is 5.21. The van der Waals surface area contributed by atoms with Crippen molar-refractivity contribution in [3.8, 4) is 11.5 Å². The van der Waals surface area contributed by atoms with E-state index < -0.39 is 0 Å². The van der Waals surface area contributed by atoms with Gasteiger partial charge < -0.3 is 4.74 Å². The maximum atomic E-state index is 12.6. The molecule has 2 aromatic carbocycles. The molecule has 0 fully saturated rings. The summed E-state index contributed by atoms with van der Waals surface area (Å²) in [7, 11) is 0. The number of hydrogen-bond acceptors (Lipinski definition) is 1. The van der Waals surface area contributed by atoms with Crippen molar-refractivity contribution in [3.05, 3.63) is 58.3 Å². The van der Waals surface area contributed by atoms with Crippen LogP contribution in [0.5, 0.6) is 11.5 Å².